The highest BCUT2D eigenvalue weighted by Crippen LogP contribution is 2.33. The van der Waals surface area contributed by atoms with Crippen LogP contribution in [0, 0.1) is 0 Å². The lowest BCUT2D eigenvalue weighted by Gasteiger charge is -2.28. The lowest BCUT2D eigenvalue weighted by molar-refractivity contribution is 0.0973. The Bertz CT molecular complexity index is 836. The van der Waals surface area contributed by atoms with Crippen LogP contribution >= 0.6 is 0 Å². The molecule has 0 heterocycles. The summed E-state index contributed by atoms with van der Waals surface area (Å²) >= 11 is 0. The minimum absolute atomic E-state index is 0.100. The number of hydrogen-bond acceptors (Lipinski definition) is 6. The van der Waals surface area contributed by atoms with Crippen LogP contribution in [0.4, 0.5) is 0 Å². The SMILES string of the molecule is CCC(c1ccc(OC)c(OC)c1)N(C)CCCC(=O)c1ccc(OC)c(OC)c1. The molecule has 1 unspecified atom stereocenters. The van der Waals surface area contributed by atoms with E-state index in [1.54, 1.807) is 46.6 Å². The Kier molecular flexibility index (Phi) is 8.99. The summed E-state index contributed by atoms with van der Waals surface area (Å²) in [4.78, 5) is 14.9. The van der Waals surface area contributed by atoms with E-state index in [1.807, 2.05) is 12.1 Å². The summed E-state index contributed by atoms with van der Waals surface area (Å²) in [6.07, 6.45) is 2.20. The lowest BCUT2D eigenvalue weighted by Crippen LogP contribution is -2.25. The number of benzene rings is 2. The highest BCUT2D eigenvalue weighted by atomic mass is 16.5. The summed E-state index contributed by atoms with van der Waals surface area (Å²) in [6.45, 7) is 2.97. The summed E-state index contributed by atoms with van der Waals surface area (Å²) in [7, 11) is 8.52. The van der Waals surface area contributed by atoms with Crippen molar-refractivity contribution in [1.82, 2.24) is 4.90 Å². The third kappa shape index (κ3) is 5.66. The normalized spacial score (nSPS) is 11.8. The number of ketones is 1. The van der Waals surface area contributed by atoms with E-state index in [1.165, 1.54) is 5.56 Å². The fraction of sp³-hybridized carbons (Fsp3) is 0.458. The van der Waals surface area contributed by atoms with Gasteiger partial charge in [-0.2, -0.15) is 0 Å². The van der Waals surface area contributed by atoms with E-state index in [2.05, 4.69) is 24.9 Å². The number of carbonyl (C=O) groups excluding carboxylic acids is 1. The van der Waals surface area contributed by atoms with Crippen molar-refractivity contribution in [3.8, 4) is 23.0 Å². The van der Waals surface area contributed by atoms with Crippen molar-refractivity contribution in [2.45, 2.75) is 32.2 Å². The van der Waals surface area contributed by atoms with Crippen LogP contribution in [0.3, 0.4) is 0 Å². The molecular formula is C24H33NO5. The first-order valence-corrected chi connectivity index (χ1v) is 10.2. The molecule has 2 aromatic carbocycles. The molecule has 2 aromatic rings. The van der Waals surface area contributed by atoms with Crippen molar-refractivity contribution in [3.05, 3.63) is 47.5 Å². The molecule has 0 amide bonds. The van der Waals surface area contributed by atoms with Gasteiger partial charge in [-0.1, -0.05) is 13.0 Å². The van der Waals surface area contributed by atoms with Gasteiger partial charge in [-0.15, -0.1) is 0 Å². The molecule has 0 fully saturated rings. The van der Waals surface area contributed by atoms with Crippen LogP contribution in [0.1, 0.15) is 48.1 Å². The second-order valence-electron chi connectivity index (χ2n) is 7.12. The van der Waals surface area contributed by atoms with Gasteiger partial charge in [0.25, 0.3) is 0 Å². The first kappa shape index (κ1) is 23.5. The Balaban J connectivity index is 1.98. The molecular weight excluding hydrogens is 382 g/mol. The number of methoxy groups -OCH3 is 4. The molecule has 30 heavy (non-hydrogen) atoms. The molecule has 0 saturated heterocycles. The van der Waals surface area contributed by atoms with Crippen LogP contribution in [0.5, 0.6) is 23.0 Å². The summed E-state index contributed by atoms with van der Waals surface area (Å²) in [6, 6.07) is 11.6. The molecule has 6 heteroatoms. The third-order valence-corrected chi connectivity index (χ3v) is 5.33. The van der Waals surface area contributed by atoms with Crippen LogP contribution in [0.2, 0.25) is 0 Å². The Morgan fingerprint density at radius 3 is 2.00 bits per heavy atom. The Morgan fingerprint density at radius 1 is 0.867 bits per heavy atom. The molecule has 164 valence electrons. The van der Waals surface area contributed by atoms with Gasteiger partial charge in [-0.3, -0.25) is 9.69 Å². The topological polar surface area (TPSA) is 57.2 Å². The molecule has 2 rings (SSSR count). The zero-order valence-corrected chi connectivity index (χ0v) is 18.9. The number of rotatable bonds is 12. The molecule has 0 aliphatic carbocycles. The Labute approximate surface area is 179 Å². The fourth-order valence-corrected chi connectivity index (χ4v) is 3.66. The van der Waals surface area contributed by atoms with Gasteiger partial charge in [0.2, 0.25) is 0 Å². The van der Waals surface area contributed by atoms with Crippen LogP contribution < -0.4 is 18.9 Å². The third-order valence-electron chi connectivity index (χ3n) is 5.33. The van der Waals surface area contributed by atoms with Crippen molar-refractivity contribution in [2.24, 2.45) is 0 Å². The summed E-state index contributed by atoms with van der Waals surface area (Å²) in [5, 5.41) is 0. The maximum absolute atomic E-state index is 12.6. The molecule has 0 aliphatic heterocycles. The van der Waals surface area contributed by atoms with Crippen molar-refractivity contribution >= 4 is 5.78 Å². The van der Waals surface area contributed by atoms with Crippen molar-refractivity contribution < 1.29 is 23.7 Å². The van der Waals surface area contributed by atoms with Crippen LogP contribution in [-0.2, 0) is 0 Å². The first-order valence-electron chi connectivity index (χ1n) is 10.2. The van der Waals surface area contributed by atoms with Crippen LogP contribution in [0.25, 0.3) is 0 Å². The predicted octanol–water partition coefficient (Wildman–Crippen LogP) is 4.77. The highest BCUT2D eigenvalue weighted by molar-refractivity contribution is 5.96. The average molecular weight is 416 g/mol. The van der Waals surface area contributed by atoms with E-state index in [-0.39, 0.29) is 11.8 Å². The Hall–Kier alpha value is -2.73. The van der Waals surface area contributed by atoms with Crippen LogP contribution in [-0.4, -0.2) is 52.7 Å². The highest BCUT2D eigenvalue weighted by Gasteiger charge is 2.18. The van der Waals surface area contributed by atoms with Crippen molar-refractivity contribution in [2.75, 3.05) is 42.0 Å². The molecule has 0 saturated carbocycles. The van der Waals surface area contributed by atoms with E-state index < -0.39 is 0 Å². The van der Waals surface area contributed by atoms with E-state index in [9.17, 15) is 4.79 Å². The average Bonchev–Trinajstić information content (AvgIpc) is 2.78. The molecule has 0 aromatic heterocycles. The summed E-state index contributed by atoms with van der Waals surface area (Å²) in [5.41, 5.74) is 1.81. The van der Waals surface area contributed by atoms with Gasteiger partial charge in [0.15, 0.2) is 28.8 Å². The van der Waals surface area contributed by atoms with Gasteiger partial charge in [0.1, 0.15) is 0 Å². The summed E-state index contributed by atoms with van der Waals surface area (Å²) in [5.74, 6) is 2.74. The van der Waals surface area contributed by atoms with E-state index in [0.29, 0.717) is 23.5 Å². The Morgan fingerprint density at radius 2 is 1.43 bits per heavy atom. The van der Waals surface area contributed by atoms with Gasteiger partial charge < -0.3 is 18.9 Å². The van der Waals surface area contributed by atoms with Crippen LogP contribution in [0.15, 0.2) is 36.4 Å². The fourth-order valence-electron chi connectivity index (χ4n) is 3.66. The number of Topliss-reactive ketones (excluding diaryl/α,β-unsaturated/α-hetero) is 1. The minimum Gasteiger partial charge on any atom is -0.493 e. The predicted molar refractivity (Wildman–Crippen MR) is 118 cm³/mol. The molecule has 1 atom stereocenters. The van der Waals surface area contributed by atoms with Gasteiger partial charge in [-0.05, 0) is 62.3 Å². The second kappa shape index (κ2) is 11.5. The number of ether oxygens (including phenoxy) is 4. The van der Waals surface area contributed by atoms with E-state index in [0.717, 1.165) is 30.9 Å². The number of hydrogen-bond donors (Lipinski definition) is 0. The van der Waals surface area contributed by atoms with Gasteiger partial charge in [0.05, 0.1) is 28.4 Å². The van der Waals surface area contributed by atoms with Crippen molar-refractivity contribution in [3.63, 3.8) is 0 Å². The zero-order chi connectivity index (χ0) is 22.1. The smallest absolute Gasteiger partial charge is 0.163 e. The van der Waals surface area contributed by atoms with E-state index in [4.69, 9.17) is 18.9 Å². The summed E-state index contributed by atoms with van der Waals surface area (Å²) < 4.78 is 21.3. The molecule has 0 bridgehead atoms. The maximum Gasteiger partial charge on any atom is 0.163 e. The van der Waals surface area contributed by atoms with Gasteiger partial charge in [0, 0.05) is 18.0 Å². The number of carbonyl (C=O) groups is 1. The van der Waals surface area contributed by atoms with Crippen molar-refractivity contribution in [1.29, 1.82) is 0 Å². The molecule has 0 N–H and O–H groups in total. The zero-order valence-electron chi connectivity index (χ0n) is 18.9. The van der Waals surface area contributed by atoms with E-state index >= 15 is 0 Å². The molecule has 0 radical (unpaired) electrons. The quantitative estimate of drug-likeness (QED) is 0.466. The number of nitrogens with zero attached hydrogens (tertiary/aromatic N) is 1. The standard InChI is InChI=1S/C24H33NO5/c1-7-19(17-10-12-21(27-3)23(15-17)29-5)25(2)14-8-9-20(26)18-11-13-22(28-4)24(16-18)30-6/h10-13,15-16,19H,7-9,14H2,1-6H3. The maximum atomic E-state index is 12.6. The second-order valence-corrected chi connectivity index (χ2v) is 7.12. The molecule has 0 spiro atoms. The monoisotopic (exact) mass is 415 g/mol. The first-order chi connectivity index (χ1) is 14.5. The molecule has 6 nitrogen and oxygen atoms in total. The van der Waals surface area contributed by atoms with Gasteiger partial charge in [-0.25, -0.2) is 0 Å². The molecule has 0 aliphatic rings. The van der Waals surface area contributed by atoms with Gasteiger partial charge >= 0.3 is 0 Å². The lowest BCUT2D eigenvalue weighted by atomic mass is 10.0. The largest absolute Gasteiger partial charge is 0.493 e. The minimum atomic E-state index is 0.100.